The van der Waals surface area contributed by atoms with Gasteiger partial charge in [-0.25, -0.2) is 9.97 Å². The molecule has 8 heteroatoms. The normalized spacial score (nSPS) is 14.7. The Balaban J connectivity index is 0.964. The minimum Gasteiger partial charge on any atom is -0.382 e. The van der Waals surface area contributed by atoms with E-state index in [0.717, 1.165) is 83.6 Å². The molecule has 4 aromatic heterocycles. The van der Waals surface area contributed by atoms with Crippen LogP contribution < -0.4 is 4.90 Å². The molecule has 1 unspecified atom stereocenters. The molecule has 1 aliphatic heterocycles. The molecule has 0 bridgehead atoms. The van der Waals surface area contributed by atoms with Crippen molar-refractivity contribution in [2.45, 2.75) is 18.1 Å². The molecule has 258 valence electrons. The first kappa shape index (κ1) is 32.0. The molecule has 1 fully saturated rings. The predicted molar refractivity (Wildman–Crippen MR) is 208 cm³/mol. The van der Waals surface area contributed by atoms with Crippen LogP contribution in [0.2, 0.25) is 0 Å². The number of benzene rings is 4. The van der Waals surface area contributed by atoms with Gasteiger partial charge >= 0.3 is 0 Å². The Morgan fingerprint density at radius 1 is 0.692 bits per heavy atom. The van der Waals surface area contributed by atoms with Gasteiger partial charge in [-0.15, -0.1) is 0 Å². The van der Waals surface area contributed by atoms with E-state index in [1.807, 2.05) is 55.2 Å². The zero-order chi connectivity index (χ0) is 34.9. The second-order valence-corrected chi connectivity index (χ2v) is 13.7. The van der Waals surface area contributed by atoms with Gasteiger partial charge in [-0.05, 0) is 58.5 Å². The third-order valence-corrected chi connectivity index (χ3v) is 10.8. The van der Waals surface area contributed by atoms with Crippen LogP contribution in [0.3, 0.4) is 0 Å². The van der Waals surface area contributed by atoms with Gasteiger partial charge in [0, 0.05) is 73.8 Å². The molecule has 9 rings (SSSR count). The fraction of sp³-hybridized carbons (Fsp3) is 0.182. The third kappa shape index (κ3) is 5.66. The molecule has 0 aliphatic carbocycles. The molecule has 0 saturated carbocycles. The summed E-state index contributed by atoms with van der Waals surface area (Å²) in [5, 5.41) is 14.2. The van der Waals surface area contributed by atoms with Crippen molar-refractivity contribution in [2.75, 3.05) is 37.6 Å². The van der Waals surface area contributed by atoms with Crippen LogP contribution in [0.15, 0.2) is 152 Å². The lowest BCUT2D eigenvalue weighted by atomic mass is 9.77. The van der Waals surface area contributed by atoms with Gasteiger partial charge in [0.1, 0.15) is 17.5 Å². The number of aromatic amines is 2. The van der Waals surface area contributed by atoms with Crippen molar-refractivity contribution in [1.29, 1.82) is 0 Å². The lowest BCUT2D eigenvalue weighted by Gasteiger charge is -2.37. The molecule has 0 radical (unpaired) electrons. The molecule has 8 nitrogen and oxygen atoms in total. The van der Waals surface area contributed by atoms with Crippen molar-refractivity contribution in [2.24, 2.45) is 0 Å². The summed E-state index contributed by atoms with van der Waals surface area (Å²) >= 11 is 0. The Hall–Kier alpha value is -5.96. The summed E-state index contributed by atoms with van der Waals surface area (Å²) in [6.45, 7) is 4.87. The van der Waals surface area contributed by atoms with Gasteiger partial charge in [-0.3, -0.25) is 4.90 Å². The first-order chi connectivity index (χ1) is 25.7. The molecule has 4 aromatic carbocycles. The first-order valence-electron chi connectivity index (χ1n) is 18.1. The van der Waals surface area contributed by atoms with Gasteiger partial charge in [0.25, 0.3) is 0 Å². The number of imidazole rings is 1. The van der Waals surface area contributed by atoms with E-state index in [1.54, 1.807) is 0 Å². The van der Waals surface area contributed by atoms with Gasteiger partial charge in [-0.2, -0.15) is 0 Å². The number of pyridine rings is 1. The Morgan fingerprint density at radius 3 is 2.02 bits per heavy atom. The second-order valence-electron chi connectivity index (χ2n) is 13.7. The summed E-state index contributed by atoms with van der Waals surface area (Å²) < 4.78 is 2.15. The summed E-state index contributed by atoms with van der Waals surface area (Å²) in [5.74, 6) is 1.07. The summed E-state index contributed by atoms with van der Waals surface area (Å²) in [6.07, 6.45) is 9.90. The molecule has 3 N–H and O–H groups in total. The maximum Gasteiger partial charge on any atom is 0.138 e. The molecule has 5 heterocycles. The molecule has 8 aromatic rings. The number of aliphatic hydroxyl groups is 1. The van der Waals surface area contributed by atoms with Gasteiger partial charge in [0.15, 0.2) is 0 Å². The highest BCUT2D eigenvalue weighted by molar-refractivity contribution is 5.90. The molecular weight excluding hydrogens is 643 g/mol. The Morgan fingerprint density at radius 2 is 1.35 bits per heavy atom. The number of piperazine rings is 1. The minimum absolute atomic E-state index is 0.603. The average Bonchev–Trinajstić information content (AvgIpc) is 3.99. The van der Waals surface area contributed by atoms with Crippen molar-refractivity contribution >= 4 is 27.6 Å². The van der Waals surface area contributed by atoms with Crippen LogP contribution in [-0.2, 0) is 12.0 Å². The highest BCUT2D eigenvalue weighted by Gasteiger charge is 2.38. The Bertz CT molecular complexity index is 2310. The zero-order valence-electron chi connectivity index (χ0n) is 28.9. The third-order valence-electron chi connectivity index (χ3n) is 10.8. The molecule has 52 heavy (non-hydrogen) atoms. The maximum atomic E-state index is 11.9. The lowest BCUT2D eigenvalue weighted by Crippen LogP contribution is -2.47. The van der Waals surface area contributed by atoms with Gasteiger partial charge in [-0.1, -0.05) is 97.1 Å². The fourth-order valence-electron chi connectivity index (χ4n) is 8.07. The average molecular weight is 684 g/mol. The second kappa shape index (κ2) is 13.6. The summed E-state index contributed by atoms with van der Waals surface area (Å²) in [7, 11) is 0. The van der Waals surface area contributed by atoms with E-state index in [0.29, 0.717) is 5.69 Å². The smallest absolute Gasteiger partial charge is 0.138 e. The number of aromatic nitrogens is 5. The number of hydrogen-bond acceptors (Lipinski definition) is 5. The highest BCUT2D eigenvalue weighted by Crippen LogP contribution is 2.41. The molecule has 0 spiro atoms. The number of nitrogens with zero attached hydrogens (tertiary/aromatic N) is 5. The van der Waals surface area contributed by atoms with Crippen LogP contribution in [-0.4, -0.2) is 67.2 Å². The maximum absolute atomic E-state index is 11.9. The Labute approximate surface area is 303 Å². The van der Waals surface area contributed by atoms with E-state index in [1.165, 1.54) is 10.9 Å². The van der Waals surface area contributed by atoms with Crippen molar-refractivity contribution in [1.82, 2.24) is 29.4 Å². The van der Waals surface area contributed by atoms with E-state index in [4.69, 9.17) is 9.97 Å². The summed E-state index contributed by atoms with van der Waals surface area (Å²) in [4.78, 5) is 21.3. The zero-order valence-corrected chi connectivity index (χ0v) is 28.9. The van der Waals surface area contributed by atoms with Crippen LogP contribution in [0.1, 0.15) is 39.6 Å². The van der Waals surface area contributed by atoms with E-state index in [9.17, 15) is 5.11 Å². The standard InChI is InChI=1S/C44H41N7O/c52-42(41-30-51(31-48-41)44(34-10-4-1-5-11-34,35-12-6-2-7-13-35)36-14-8-3-9-15-36)32-16-17-39-38(28-32)33(29-47-39)20-23-49-24-26-50(27-25-49)43-37-18-21-45-40(37)19-22-46-43/h1-19,21-22,28-31,42,45,47,52H,20,23-27H2. The van der Waals surface area contributed by atoms with E-state index < -0.39 is 11.6 Å². The number of anilines is 1. The van der Waals surface area contributed by atoms with E-state index >= 15 is 0 Å². The van der Waals surface area contributed by atoms with Crippen LogP contribution in [0.25, 0.3) is 21.8 Å². The summed E-state index contributed by atoms with van der Waals surface area (Å²) in [5.41, 5.74) is 7.53. The van der Waals surface area contributed by atoms with E-state index in [2.05, 4.69) is 122 Å². The number of nitrogens with one attached hydrogen (secondary N) is 2. The van der Waals surface area contributed by atoms with Crippen LogP contribution in [0.5, 0.6) is 0 Å². The number of rotatable bonds is 10. The van der Waals surface area contributed by atoms with E-state index in [-0.39, 0.29) is 0 Å². The predicted octanol–water partition coefficient (Wildman–Crippen LogP) is 7.53. The van der Waals surface area contributed by atoms with Crippen molar-refractivity contribution in [3.63, 3.8) is 0 Å². The SMILES string of the molecule is OC(c1ccc2[nH]cc(CCN3CCN(c4nccc5[nH]ccc45)CC3)c2c1)c1cn(C(c2ccccc2)(c2ccccc2)c2ccccc2)cn1. The molecule has 1 aliphatic rings. The largest absolute Gasteiger partial charge is 0.382 e. The molecular formula is C44H41N7O. The van der Waals surface area contributed by atoms with Gasteiger partial charge < -0.3 is 24.5 Å². The number of fused-ring (bicyclic) bond motifs is 2. The Kier molecular flexibility index (Phi) is 8.39. The first-order valence-corrected chi connectivity index (χ1v) is 18.1. The molecule has 1 atom stereocenters. The number of aliphatic hydroxyl groups excluding tert-OH is 1. The molecule has 0 amide bonds. The number of H-pyrrole nitrogens is 2. The highest BCUT2D eigenvalue weighted by atomic mass is 16.3. The van der Waals surface area contributed by atoms with Gasteiger partial charge in [0.05, 0.1) is 17.5 Å². The van der Waals surface area contributed by atoms with Crippen molar-refractivity contribution < 1.29 is 5.11 Å². The topological polar surface area (TPSA) is 89.0 Å². The van der Waals surface area contributed by atoms with Crippen LogP contribution >= 0.6 is 0 Å². The monoisotopic (exact) mass is 683 g/mol. The summed E-state index contributed by atoms with van der Waals surface area (Å²) in [6, 6.07) is 41.9. The van der Waals surface area contributed by atoms with Crippen LogP contribution in [0.4, 0.5) is 5.82 Å². The minimum atomic E-state index is -0.889. The van der Waals surface area contributed by atoms with Crippen LogP contribution in [0, 0.1) is 0 Å². The van der Waals surface area contributed by atoms with Crippen molar-refractivity contribution in [3.8, 4) is 0 Å². The lowest BCUT2D eigenvalue weighted by molar-refractivity contribution is 0.216. The fourth-order valence-corrected chi connectivity index (χ4v) is 8.07. The molecule has 1 saturated heterocycles. The van der Waals surface area contributed by atoms with Crippen molar-refractivity contribution in [3.05, 3.63) is 186 Å². The quantitative estimate of drug-likeness (QED) is 0.130. The number of hydrogen-bond donors (Lipinski definition) is 3. The van der Waals surface area contributed by atoms with Gasteiger partial charge in [0.2, 0.25) is 0 Å².